The molecular formula is C12H21N3S. The summed E-state index contributed by atoms with van der Waals surface area (Å²) in [7, 11) is 0. The quantitative estimate of drug-likeness (QED) is 0.882. The molecule has 0 amide bonds. The molecule has 16 heavy (non-hydrogen) atoms. The lowest BCUT2D eigenvalue weighted by molar-refractivity contribution is 0.187. The summed E-state index contributed by atoms with van der Waals surface area (Å²) in [5, 5.41) is 0.692. The third-order valence-electron chi connectivity index (χ3n) is 3.40. The standard InChI is InChI=1S/C12H21N3S/c1-2-10-6-4-3-5-7-15(10)9-11-8-14-12(13)16-11/h8,10H,2-7,9H2,1H3,(H2,13,14). The molecule has 0 spiro atoms. The number of hydrogen-bond acceptors (Lipinski definition) is 4. The number of anilines is 1. The Kier molecular flexibility index (Phi) is 4.18. The number of rotatable bonds is 3. The van der Waals surface area contributed by atoms with E-state index in [9.17, 15) is 0 Å². The van der Waals surface area contributed by atoms with E-state index in [0.29, 0.717) is 5.13 Å². The summed E-state index contributed by atoms with van der Waals surface area (Å²) >= 11 is 1.63. The van der Waals surface area contributed by atoms with Crippen LogP contribution in [0.5, 0.6) is 0 Å². The Morgan fingerprint density at radius 3 is 3.06 bits per heavy atom. The van der Waals surface area contributed by atoms with E-state index in [1.54, 1.807) is 11.3 Å². The van der Waals surface area contributed by atoms with Gasteiger partial charge in [0.2, 0.25) is 0 Å². The lowest BCUT2D eigenvalue weighted by Gasteiger charge is -2.28. The fraction of sp³-hybridized carbons (Fsp3) is 0.750. The van der Waals surface area contributed by atoms with Gasteiger partial charge in [0.25, 0.3) is 0 Å². The van der Waals surface area contributed by atoms with Crippen LogP contribution in [-0.2, 0) is 6.54 Å². The van der Waals surface area contributed by atoms with E-state index in [4.69, 9.17) is 5.73 Å². The molecule has 0 bridgehead atoms. The van der Waals surface area contributed by atoms with Gasteiger partial charge in [0.15, 0.2) is 5.13 Å². The highest BCUT2D eigenvalue weighted by atomic mass is 32.1. The van der Waals surface area contributed by atoms with Gasteiger partial charge in [-0.2, -0.15) is 0 Å². The van der Waals surface area contributed by atoms with Crippen LogP contribution in [0.1, 0.15) is 43.9 Å². The van der Waals surface area contributed by atoms with Crippen molar-refractivity contribution >= 4 is 16.5 Å². The van der Waals surface area contributed by atoms with Gasteiger partial charge >= 0.3 is 0 Å². The van der Waals surface area contributed by atoms with E-state index in [0.717, 1.165) is 12.6 Å². The maximum absolute atomic E-state index is 5.67. The lowest BCUT2D eigenvalue weighted by atomic mass is 10.1. The molecular weight excluding hydrogens is 218 g/mol. The highest BCUT2D eigenvalue weighted by molar-refractivity contribution is 7.15. The zero-order valence-electron chi connectivity index (χ0n) is 9.98. The summed E-state index contributed by atoms with van der Waals surface area (Å²) in [6.45, 7) is 4.56. The molecule has 0 aromatic carbocycles. The van der Waals surface area contributed by atoms with Crippen LogP contribution in [0.3, 0.4) is 0 Å². The second-order valence-electron chi connectivity index (χ2n) is 4.55. The van der Waals surface area contributed by atoms with Crippen LogP contribution in [0, 0.1) is 0 Å². The highest BCUT2D eigenvalue weighted by Gasteiger charge is 2.19. The van der Waals surface area contributed by atoms with Gasteiger partial charge < -0.3 is 5.73 Å². The van der Waals surface area contributed by atoms with Gasteiger partial charge in [-0.05, 0) is 25.8 Å². The molecule has 1 saturated heterocycles. The lowest BCUT2D eigenvalue weighted by Crippen LogP contribution is -2.33. The Labute approximate surface area is 102 Å². The van der Waals surface area contributed by atoms with Crippen molar-refractivity contribution in [1.29, 1.82) is 0 Å². The van der Waals surface area contributed by atoms with Gasteiger partial charge in [0, 0.05) is 23.7 Å². The predicted octanol–water partition coefficient (Wildman–Crippen LogP) is 2.88. The summed E-state index contributed by atoms with van der Waals surface area (Å²) in [4.78, 5) is 8.04. The molecule has 2 N–H and O–H groups in total. The summed E-state index contributed by atoms with van der Waals surface area (Å²) in [5.74, 6) is 0. The third-order valence-corrected chi connectivity index (χ3v) is 4.21. The Hall–Kier alpha value is -0.610. The van der Waals surface area contributed by atoms with Crippen molar-refractivity contribution in [3.63, 3.8) is 0 Å². The first kappa shape index (κ1) is 11.9. The van der Waals surface area contributed by atoms with Crippen LogP contribution < -0.4 is 5.73 Å². The van der Waals surface area contributed by atoms with E-state index >= 15 is 0 Å². The van der Waals surface area contributed by atoms with E-state index in [-0.39, 0.29) is 0 Å². The van der Waals surface area contributed by atoms with Crippen molar-refractivity contribution in [2.75, 3.05) is 12.3 Å². The molecule has 4 heteroatoms. The Balaban J connectivity index is 1.99. The van der Waals surface area contributed by atoms with Crippen molar-refractivity contribution in [3.8, 4) is 0 Å². The molecule has 1 unspecified atom stereocenters. The first-order chi connectivity index (χ1) is 7.79. The van der Waals surface area contributed by atoms with Crippen LogP contribution >= 0.6 is 11.3 Å². The topological polar surface area (TPSA) is 42.2 Å². The fourth-order valence-corrected chi connectivity index (χ4v) is 3.21. The molecule has 1 aliphatic heterocycles. The van der Waals surface area contributed by atoms with Gasteiger partial charge in [-0.1, -0.05) is 19.8 Å². The van der Waals surface area contributed by atoms with Gasteiger partial charge in [0.1, 0.15) is 0 Å². The monoisotopic (exact) mass is 239 g/mol. The highest BCUT2D eigenvalue weighted by Crippen LogP contribution is 2.23. The number of nitrogens with zero attached hydrogens (tertiary/aromatic N) is 2. The van der Waals surface area contributed by atoms with Crippen LogP contribution in [0.25, 0.3) is 0 Å². The Bertz CT molecular complexity index is 324. The summed E-state index contributed by atoms with van der Waals surface area (Å²) in [6.07, 6.45) is 8.65. The first-order valence-corrected chi connectivity index (χ1v) is 7.05. The van der Waals surface area contributed by atoms with Crippen molar-refractivity contribution in [3.05, 3.63) is 11.1 Å². The van der Waals surface area contributed by atoms with Gasteiger partial charge in [-0.25, -0.2) is 4.98 Å². The molecule has 0 saturated carbocycles. The minimum atomic E-state index is 0.692. The summed E-state index contributed by atoms with van der Waals surface area (Å²) in [5.41, 5.74) is 5.67. The molecule has 1 fully saturated rings. The molecule has 0 radical (unpaired) electrons. The van der Waals surface area contributed by atoms with Crippen LogP contribution in [0.2, 0.25) is 0 Å². The molecule has 2 heterocycles. The maximum atomic E-state index is 5.67. The zero-order valence-corrected chi connectivity index (χ0v) is 10.8. The zero-order chi connectivity index (χ0) is 11.4. The number of nitrogen functional groups attached to an aromatic ring is 1. The van der Waals surface area contributed by atoms with Gasteiger partial charge in [-0.15, -0.1) is 11.3 Å². The van der Waals surface area contributed by atoms with Gasteiger partial charge in [0.05, 0.1) is 0 Å². The van der Waals surface area contributed by atoms with E-state index in [2.05, 4.69) is 16.8 Å². The average molecular weight is 239 g/mol. The molecule has 90 valence electrons. The van der Waals surface area contributed by atoms with Crippen molar-refractivity contribution in [2.45, 2.75) is 51.6 Å². The third kappa shape index (κ3) is 2.95. The fourth-order valence-electron chi connectivity index (χ4n) is 2.50. The average Bonchev–Trinajstić information content (AvgIpc) is 2.56. The summed E-state index contributed by atoms with van der Waals surface area (Å²) in [6, 6.07) is 0.755. The van der Waals surface area contributed by atoms with E-state index in [1.165, 1.54) is 43.5 Å². The Morgan fingerprint density at radius 1 is 1.50 bits per heavy atom. The maximum Gasteiger partial charge on any atom is 0.180 e. The number of hydrogen-bond donors (Lipinski definition) is 1. The number of nitrogens with two attached hydrogens (primary N) is 1. The molecule has 1 aromatic heterocycles. The largest absolute Gasteiger partial charge is 0.375 e. The van der Waals surface area contributed by atoms with Crippen molar-refractivity contribution in [1.82, 2.24) is 9.88 Å². The van der Waals surface area contributed by atoms with Crippen molar-refractivity contribution in [2.24, 2.45) is 0 Å². The number of likely N-dealkylation sites (tertiary alicyclic amines) is 1. The van der Waals surface area contributed by atoms with Crippen molar-refractivity contribution < 1.29 is 0 Å². The first-order valence-electron chi connectivity index (χ1n) is 6.24. The molecule has 0 aliphatic carbocycles. The second-order valence-corrected chi connectivity index (χ2v) is 5.69. The molecule has 3 nitrogen and oxygen atoms in total. The number of thiazole rings is 1. The van der Waals surface area contributed by atoms with Crippen LogP contribution in [0.15, 0.2) is 6.20 Å². The Morgan fingerprint density at radius 2 is 2.38 bits per heavy atom. The van der Waals surface area contributed by atoms with E-state index < -0.39 is 0 Å². The minimum absolute atomic E-state index is 0.692. The normalized spacial score (nSPS) is 23.2. The minimum Gasteiger partial charge on any atom is -0.375 e. The smallest absolute Gasteiger partial charge is 0.180 e. The molecule has 1 atom stereocenters. The predicted molar refractivity (Wildman–Crippen MR) is 69.5 cm³/mol. The molecule has 1 aliphatic rings. The van der Waals surface area contributed by atoms with Crippen LogP contribution in [0.4, 0.5) is 5.13 Å². The molecule has 1 aromatic rings. The SMILES string of the molecule is CCC1CCCCCN1Cc1cnc(N)s1. The molecule has 2 rings (SSSR count). The summed E-state index contributed by atoms with van der Waals surface area (Å²) < 4.78 is 0. The van der Waals surface area contributed by atoms with Crippen LogP contribution in [-0.4, -0.2) is 22.5 Å². The van der Waals surface area contributed by atoms with Gasteiger partial charge in [-0.3, -0.25) is 4.90 Å². The van der Waals surface area contributed by atoms with E-state index in [1.807, 2.05) is 6.20 Å². The second kappa shape index (κ2) is 5.64. The number of aromatic nitrogens is 1.